The summed E-state index contributed by atoms with van der Waals surface area (Å²) in [5.74, 6) is 1.28. The molecule has 0 aromatic rings. The van der Waals surface area contributed by atoms with Gasteiger partial charge in [-0.25, -0.2) is 4.39 Å². The number of amidine groups is 1. The molecule has 8 heteroatoms. The Balaban J connectivity index is 1.16. The Morgan fingerprint density at radius 3 is 2.54 bits per heavy atom. The van der Waals surface area contributed by atoms with Gasteiger partial charge in [0.05, 0.1) is 18.2 Å². The lowest BCUT2D eigenvalue weighted by Gasteiger charge is -2.44. The predicted octanol–water partition coefficient (Wildman–Crippen LogP) is 3.08. The number of rotatable bonds is 3. The number of ether oxygens (including phenoxy) is 1. The smallest absolute Gasteiger partial charge is 0.321 e. The molecule has 6 aliphatic rings. The van der Waals surface area contributed by atoms with Crippen LogP contribution >= 0.6 is 0 Å². The lowest BCUT2D eigenvalue weighted by Crippen LogP contribution is -2.58. The SMILES string of the molecule is O=C(O)C(C1CNC2CC(F)CCC21)N1CCN(C2=NC3CCCCC3OC3CCCCC23)CC1. The maximum Gasteiger partial charge on any atom is 0.321 e. The van der Waals surface area contributed by atoms with E-state index in [-0.39, 0.29) is 24.0 Å². The van der Waals surface area contributed by atoms with Gasteiger partial charge in [-0.15, -0.1) is 0 Å². The third kappa shape index (κ3) is 4.75. The number of aliphatic carboxylic acids is 1. The van der Waals surface area contributed by atoms with Crippen molar-refractivity contribution in [1.29, 1.82) is 0 Å². The quantitative estimate of drug-likeness (QED) is 0.633. The van der Waals surface area contributed by atoms with Crippen LogP contribution in [0.5, 0.6) is 0 Å². The molecule has 0 aromatic carbocycles. The molecule has 0 aromatic heterocycles. The highest BCUT2D eigenvalue weighted by Crippen LogP contribution is 2.40. The van der Waals surface area contributed by atoms with E-state index in [1.807, 2.05) is 0 Å². The van der Waals surface area contributed by atoms with Crippen molar-refractivity contribution in [2.75, 3.05) is 32.7 Å². The van der Waals surface area contributed by atoms with E-state index in [9.17, 15) is 14.3 Å². The Bertz CT molecular complexity index is 803. The fourth-order valence-corrected chi connectivity index (χ4v) is 8.26. The number of nitrogens with one attached hydrogen (secondary N) is 1. The molecule has 3 saturated carbocycles. The minimum atomic E-state index is -0.744. The molecule has 6 rings (SSSR count). The zero-order valence-electron chi connectivity index (χ0n) is 21.0. The van der Waals surface area contributed by atoms with E-state index >= 15 is 0 Å². The van der Waals surface area contributed by atoms with E-state index in [1.54, 1.807) is 0 Å². The van der Waals surface area contributed by atoms with Gasteiger partial charge < -0.3 is 20.1 Å². The predicted molar refractivity (Wildman–Crippen MR) is 132 cm³/mol. The van der Waals surface area contributed by atoms with Crippen molar-refractivity contribution in [1.82, 2.24) is 15.1 Å². The minimum Gasteiger partial charge on any atom is -0.480 e. The largest absolute Gasteiger partial charge is 0.480 e. The number of carboxylic acids is 1. The molecule has 9 atom stereocenters. The van der Waals surface area contributed by atoms with Crippen LogP contribution in [0, 0.1) is 17.8 Å². The number of carbonyl (C=O) groups is 1. The summed E-state index contributed by atoms with van der Waals surface area (Å²) in [6.45, 7) is 3.87. The number of hydrogen-bond acceptors (Lipinski definition) is 6. The van der Waals surface area contributed by atoms with Gasteiger partial charge in [0.2, 0.25) is 0 Å². The van der Waals surface area contributed by atoms with Gasteiger partial charge in [0, 0.05) is 50.6 Å². The summed E-state index contributed by atoms with van der Waals surface area (Å²) in [4.78, 5) is 22.6. The molecule has 0 spiro atoms. The Labute approximate surface area is 208 Å². The first-order valence-corrected chi connectivity index (χ1v) is 14.4. The van der Waals surface area contributed by atoms with Crippen LogP contribution in [0.1, 0.15) is 70.6 Å². The van der Waals surface area contributed by atoms with Gasteiger partial charge in [-0.1, -0.05) is 25.7 Å². The zero-order valence-corrected chi connectivity index (χ0v) is 21.0. The van der Waals surface area contributed by atoms with Crippen molar-refractivity contribution in [3.8, 4) is 0 Å². The molecule has 35 heavy (non-hydrogen) atoms. The standard InChI is InChI=1S/C27H43FN4O3/c28-17-9-10-18-20(16-29-22(18)15-17)25(27(33)34)31-11-13-32(14-12-31)26-19-5-1-3-7-23(19)35-24-8-4-2-6-21(24)30-26/h17-25,29H,1-16H2,(H,33,34). The Hall–Kier alpha value is -1.25. The van der Waals surface area contributed by atoms with Crippen LogP contribution in [0.25, 0.3) is 0 Å². The molecule has 3 heterocycles. The van der Waals surface area contributed by atoms with Crippen LogP contribution in [0.3, 0.4) is 0 Å². The lowest BCUT2D eigenvalue weighted by molar-refractivity contribution is -0.147. The van der Waals surface area contributed by atoms with E-state index in [0.717, 1.165) is 58.3 Å². The normalized spacial score (nSPS) is 43.3. The molecule has 0 radical (unpaired) electrons. The summed E-state index contributed by atoms with van der Waals surface area (Å²) >= 11 is 0. The van der Waals surface area contributed by atoms with Crippen LogP contribution in [0.4, 0.5) is 4.39 Å². The number of halogens is 1. The van der Waals surface area contributed by atoms with E-state index < -0.39 is 18.2 Å². The topological polar surface area (TPSA) is 77.4 Å². The molecule has 7 nitrogen and oxygen atoms in total. The van der Waals surface area contributed by atoms with E-state index in [2.05, 4.69) is 15.1 Å². The van der Waals surface area contributed by atoms with Crippen molar-refractivity contribution < 1.29 is 19.0 Å². The molecule has 3 aliphatic carbocycles. The molecular formula is C27H43FN4O3. The number of alkyl halides is 1. The van der Waals surface area contributed by atoms with Crippen molar-refractivity contribution in [3.63, 3.8) is 0 Å². The number of nitrogens with zero attached hydrogens (tertiary/aromatic N) is 3. The molecule has 3 aliphatic heterocycles. The minimum absolute atomic E-state index is 0.0610. The fourth-order valence-electron chi connectivity index (χ4n) is 8.26. The first kappa shape index (κ1) is 24.1. The van der Waals surface area contributed by atoms with Crippen LogP contribution in [-0.4, -0.2) is 95.9 Å². The highest BCUT2D eigenvalue weighted by atomic mass is 19.1. The number of aliphatic imine (C=N–C) groups is 1. The van der Waals surface area contributed by atoms with Crippen molar-refractivity contribution in [2.24, 2.45) is 22.7 Å². The average Bonchev–Trinajstić information content (AvgIpc) is 3.18. The summed E-state index contributed by atoms with van der Waals surface area (Å²) in [5, 5.41) is 13.7. The van der Waals surface area contributed by atoms with Crippen LogP contribution in [-0.2, 0) is 9.53 Å². The van der Waals surface area contributed by atoms with Crippen LogP contribution in [0.15, 0.2) is 4.99 Å². The number of fused-ring (bicyclic) bond motifs is 3. The molecule has 2 N–H and O–H groups in total. The molecule has 196 valence electrons. The summed E-state index contributed by atoms with van der Waals surface area (Å²) in [6, 6.07) is -0.0550. The second-order valence-corrected chi connectivity index (χ2v) is 12.0. The van der Waals surface area contributed by atoms with E-state index in [1.165, 1.54) is 31.5 Å². The second-order valence-electron chi connectivity index (χ2n) is 12.0. The van der Waals surface area contributed by atoms with Crippen LogP contribution in [0.2, 0.25) is 0 Å². The van der Waals surface area contributed by atoms with Gasteiger partial charge >= 0.3 is 5.97 Å². The molecule has 5 fully saturated rings. The molecule has 9 unspecified atom stereocenters. The molecule has 2 saturated heterocycles. The summed E-state index contributed by atoms with van der Waals surface area (Å²) in [7, 11) is 0. The molecular weight excluding hydrogens is 447 g/mol. The molecule has 0 amide bonds. The van der Waals surface area contributed by atoms with E-state index in [0.29, 0.717) is 37.5 Å². The first-order chi connectivity index (χ1) is 17.1. The van der Waals surface area contributed by atoms with Crippen molar-refractivity contribution in [3.05, 3.63) is 0 Å². The third-order valence-corrected chi connectivity index (χ3v) is 10.0. The van der Waals surface area contributed by atoms with Crippen molar-refractivity contribution in [2.45, 2.75) is 107 Å². The van der Waals surface area contributed by atoms with Gasteiger partial charge in [-0.05, 0) is 50.9 Å². The average molecular weight is 491 g/mol. The van der Waals surface area contributed by atoms with Gasteiger partial charge in [-0.3, -0.25) is 14.7 Å². The lowest BCUT2D eigenvalue weighted by atomic mass is 9.76. The Morgan fingerprint density at radius 2 is 1.74 bits per heavy atom. The summed E-state index contributed by atoms with van der Waals surface area (Å²) < 4.78 is 20.6. The Morgan fingerprint density at radius 1 is 1.00 bits per heavy atom. The maximum atomic E-state index is 13.9. The van der Waals surface area contributed by atoms with Gasteiger partial charge in [-0.2, -0.15) is 0 Å². The maximum absolute atomic E-state index is 13.9. The van der Waals surface area contributed by atoms with E-state index in [4.69, 9.17) is 9.73 Å². The van der Waals surface area contributed by atoms with Crippen molar-refractivity contribution >= 4 is 11.8 Å². The number of hydrogen-bond donors (Lipinski definition) is 2. The first-order valence-electron chi connectivity index (χ1n) is 14.4. The zero-order chi connectivity index (χ0) is 23.9. The van der Waals surface area contributed by atoms with Gasteiger partial charge in [0.1, 0.15) is 18.0 Å². The number of piperazine rings is 1. The van der Waals surface area contributed by atoms with Gasteiger partial charge in [0.15, 0.2) is 0 Å². The van der Waals surface area contributed by atoms with Crippen LogP contribution < -0.4 is 5.32 Å². The molecule has 0 bridgehead atoms. The second kappa shape index (κ2) is 10.3. The number of carboxylic acid groups (broad SMARTS) is 1. The monoisotopic (exact) mass is 490 g/mol. The third-order valence-electron chi connectivity index (χ3n) is 10.0. The fraction of sp³-hybridized carbons (Fsp3) is 0.926. The van der Waals surface area contributed by atoms with Gasteiger partial charge in [0.25, 0.3) is 0 Å². The highest BCUT2D eigenvalue weighted by Gasteiger charge is 2.48. The Kier molecular flexibility index (Phi) is 7.06. The summed E-state index contributed by atoms with van der Waals surface area (Å²) in [5.41, 5.74) is 0. The summed E-state index contributed by atoms with van der Waals surface area (Å²) in [6.07, 6.45) is 11.3. The highest BCUT2D eigenvalue weighted by molar-refractivity contribution is 5.86.